The Morgan fingerprint density at radius 3 is 2.17 bits per heavy atom. The Morgan fingerprint density at radius 1 is 0.957 bits per heavy atom. The molecule has 0 spiro atoms. The van der Waals surface area contributed by atoms with Gasteiger partial charge in [0.25, 0.3) is 0 Å². The number of nitrogens with zero attached hydrogens (tertiary/aromatic N) is 1. The quantitative estimate of drug-likeness (QED) is 0.564. The lowest BCUT2D eigenvalue weighted by molar-refractivity contribution is 1.25. The van der Waals surface area contributed by atoms with Crippen molar-refractivity contribution in [2.45, 2.75) is 13.8 Å². The molecule has 0 radical (unpaired) electrons. The largest absolute Gasteiger partial charge is 0.358 e. The van der Waals surface area contributed by atoms with Gasteiger partial charge < -0.3 is 4.98 Å². The molecule has 0 aliphatic carbocycles. The predicted octanol–water partition coefficient (Wildman–Crippen LogP) is 6.16. The van der Waals surface area contributed by atoms with Crippen molar-refractivity contribution in [2.24, 2.45) is 0 Å². The van der Waals surface area contributed by atoms with Gasteiger partial charge in [-0.3, -0.25) is 0 Å². The molecule has 0 amide bonds. The smallest absolute Gasteiger partial charge is 0.101 e. The number of aromatic nitrogens is 1. The summed E-state index contributed by atoms with van der Waals surface area (Å²) in [4.78, 5) is 3.19. The Morgan fingerprint density at radius 2 is 1.65 bits per heavy atom. The first-order valence-electron chi connectivity index (χ1n) is 7.08. The van der Waals surface area contributed by atoms with Crippen LogP contribution in [0.5, 0.6) is 0 Å². The number of nitrogens with one attached hydrogen (secondary N) is 1. The SMILES string of the molecule is Cc1[nH]c(-c2ccccc2)cc1C#N.Cc1ccc(Cl)cc1Cl. The second-order valence-electron chi connectivity index (χ2n) is 5.09. The van der Waals surface area contributed by atoms with Crippen LogP contribution in [0, 0.1) is 25.2 Å². The number of rotatable bonds is 1. The molecule has 0 bridgehead atoms. The molecule has 3 rings (SSSR count). The normalized spacial score (nSPS) is 9.70. The summed E-state index contributed by atoms with van der Waals surface area (Å²) in [6.07, 6.45) is 0. The van der Waals surface area contributed by atoms with Crippen molar-refractivity contribution in [3.05, 3.63) is 81.5 Å². The Kier molecular flexibility index (Phi) is 5.87. The Balaban J connectivity index is 0.000000185. The van der Waals surface area contributed by atoms with Crippen molar-refractivity contribution in [2.75, 3.05) is 0 Å². The summed E-state index contributed by atoms with van der Waals surface area (Å²) in [5.41, 5.74) is 4.80. The minimum absolute atomic E-state index is 0.686. The van der Waals surface area contributed by atoms with Gasteiger partial charge in [0.1, 0.15) is 6.07 Å². The molecule has 0 aliphatic heterocycles. The number of aryl methyl sites for hydroxylation is 2. The number of hydrogen-bond acceptors (Lipinski definition) is 1. The number of aromatic amines is 1. The van der Waals surface area contributed by atoms with Gasteiger partial charge in [0, 0.05) is 21.4 Å². The average molecular weight is 343 g/mol. The Labute approximate surface area is 146 Å². The minimum atomic E-state index is 0.686. The molecule has 4 heteroatoms. The molecule has 0 fully saturated rings. The van der Waals surface area contributed by atoms with E-state index in [1.807, 2.05) is 62.4 Å². The first kappa shape index (κ1) is 17.1. The van der Waals surface area contributed by atoms with Crippen molar-refractivity contribution in [1.82, 2.24) is 4.98 Å². The molecule has 0 atom stereocenters. The lowest BCUT2D eigenvalue weighted by atomic mass is 10.1. The number of halogens is 2. The summed E-state index contributed by atoms with van der Waals surface area (Å²) in [7, 11) is 0. The highest BCUT2D eigenvalue weighted by Gasteiger charge is 2.04. The molecular weight excluding hydrogens is 327 g/mol. The molecular formula is C19H16Cl2N2. The van der Waals surface area contributed by atoms with Gasteiger partial charge in [-0.15, -0.1) is 0 Å². The van der Waals surface area contributed by atoms with E-state index in [2.05, 4.69) is 11.1 Å². The van der Waals surface area contributed by atoms with E-state index in [9.17, 15) is 0 Å². The number of hydrogen-bond donors (Lipinski definition) is 1. The molecule has 0 saturated heterocycles. The molecule has 0 saturated carbocycles. The highest BCUT2D eigenvalue weighted by Crippen LogP contribution is 2.20. The third kappa shape index (κ3) is 4.63. The van der Waals surface area contributed by atoms with E-state index >= 15 is 0 Å². The molecule has 3 aromatic rings. The molecule has 0 aliphatic rings. The Bertz CT molecular complexity index is 830. The van der Waals surface area contributed by atoms with E-state index in [1.165, 1.54) is 0 Å². The molecule has 1 heterocycles. The average Bonchev–Trinajstić information content (AvgIpc) is 2.94. The summed E-state index contributed by atoms with van der Waals surface area (Å²) >= 11 is 11.4. The summed E-state index contributed by atoms with van der Waals surface area (Å²) in [5, 5.41) is 10.2. The van der Waals surface area contributed by atoms with Crippen molar-refractivity contribution in [3.63, 3.8) is 0 Å². The van der Waals surface area contributed by atoms with Crippen LogP contribution >= 0.6 is 23.2 Å². The van der Waals surface area contributed by atoms with Crippen molar-refractivity contribution in [1.29, 1.82) is 5.26 Å². The van der Waals surface area contributed by atoms with Gasteiger partial charge in [-0.1, -0.05) is 59.6 Å². The van der Waals surface area contributed by atoms with Crippen LogP contribution in [-0.4, -0.2) is 4.98 Å². The minimum Gasteiger partial charge on any atom is -0.358 e. The van der Waals surface area contributed by atoms with E-state index in [0.29, 0.717) is 10.6 Å². The number of nitriles is 1. The van der Waals surface area contributed by atoms with Gasteiger partial charge in [0.2, 0.25) is 0 Å². The maximum Gasteiger partial charge on any atom is 0.101 e. The zero-order valence-electron chi connectivity index (χ0n) is 12.9. The number of H-pyrrole nitrogens is 1. The molecule has 2 aromatic carbocycles. The topological polar surface area (TPSA) is 39.6 Å². The third-order valence-electron chi connectivity index (χ3n) is 3.35. The van der Waals surface area contributed by atoms with Crippen LogP contribution in [0.25, 0.3) is 11.3 Å². The van der Waals surface area contributed by atoms with Gasteiger partial charge in [-0.2, -0.15) is 5.26 Å². The first-order chi connectivity index (χ1) is 11.0. The van der Waals surface area contributed by atoms with Gasteiger partial charge in [0.15, 0.2) is 0 Å². The standard InChI is InChI=1S/C12H10N2.C7H6Cl2/c1-9-11(8-13)7-12(14-9)10-5-3-2-4-6-10;1-5-2-3-6(8)4-7(5)9/h2-7,14H,1H3;2-4H,1H3. The summed E-state index contributed by atoms with van der Waals surface area (Å²) in [5.74, 6) is 0. The van der Waals surface area contributed by atoms with E-state index in [0.717, 1.165) is 27.5 Å². The second-order valence-corrected chi connectivity index (χ2v) is 5.94. The van der Waals surface area contributed by atoms with Gasteiger partial charge >= 0.3 is 0 Å². The highest BCUT2D eigenvalue weighted by atomic mass is 35.5. The van der Waals surface area contributed by atoms with Gasteiger partial charge in [0.05, 0.1) is 5.56 Å². The maximum atomic E-state index is 8.81. The van der Waals surface area contributed by atoms with Gasteiger partial charge in [-0.05, 0) is 43.2 Å². The molecule has 116 valence electrons. The van der Waals surface area contributed by atoms with Crippen LogP contribution in [0.3, 0.4) is 0 Å². The van der Waals surface area contributed by atoms with Gasteiger partial charge in [-0.25, -0.2) is 0 Å². The lowest BCUT2D eigenvalue weighted by Crippen LogP contribution is -1.76. The van der Waals surface area contributed by atoms with Crippen molar-refractivity contribution < 1.29 is 0 Å². The highest BCUT2D eigenvalue weighted by molar-refractivity contribution is 6.35. The fraction of sp³-hybridized carbons (Fsp3) is 0.105. The number of benzene rings is 2. The monoisotopic (exact) mass is 342 g/mol. The molecule has 1 N–H and O–H groups in total. The van der Waals surface area contributed by atoms with Crippen LogP contribution in [0.2, 0.25) is 10.0 Å². The fourth-order valence-corrected chi connectivity index (χ4v) is 2.42. The van der Waals surface area contributed by atoms with Crippen molar-refractivity contribution in [3.8, 4) is 17.3 Å². The molecule has 0 unspecified atom stereocenters. The predicted molar refractivity (Wildman–Crippen MR) is 96.9 cm³/mol. The van der Waals surface area contributed by atoms with Crippen LogP contribution < -0.4 is 0 Å². The Hall–Kier alpha value is -2.21. The maximum absolute atomic E-state index is 8.81. The van der Waals surface area contributed by atoms with Crippen molar-refractivity contribution >= 4 is 23.2 Å². The summed E-state index contributed by atoms with van der Waals surface area (Å²) < 4.78 is 0. The zero-order valence-corrected chi connectivity index (χ0v) is 14.4. The van der Waals surface area contributed by atoms with Crippen LogP contribution in [0.4, 0.5) is 0 Å². The zero-order chi connectivity index (χ0) is 16.8. The third-order valence-corrected chi connectivity index (χ3v) is 4.00. The van der Waals surface area contributed by atoms with E-state index in [-0.39, 0.29) is 0 Å². The fourth-order valence-electron chi connectivity index (χ4n) is 2.01. The summed E-state index contributed by atoms with van der Waals surface area (Å²) in [6.45, 7) is 3.85. The molecule has 1 aromatic heterocycles. The van der Waals surface area contributed by atoms with Crippen LogP contribution in [0.15, 0.2) is 54.6 Å². The van der Waals surface area contributed by atoms with E-state index < -0.39 is 0 Å². The molecule has 23 heavy (non-hydrogen) atoms. The van der Waals surface area contributed by atoms with E-state index in [1.54, 1.807) is 6.07 Å². The van der Waals surface area contributed by atoms with E-state index in [4.69, 9.17) is 28.5 Å². The summed E-state index contributed by atoms with van der Waals surface area (Å²) in [6, 6.07) is 19.5. The lowest BCUT2D eigenvalue weighted by Gasteiger charge is -1.95. The van der Waals surface area contributed by atoms with Crippen LogP contribution in [0.1, 0.15) is 16.8 Å². The van der Waals surface area contributed by atoms with Crippen LogP contribution in [-0.2, 0) is 0 Å². The first-order valence-corrected chi connectivity index (χ1v) is 7.83. The molecule has 2 nitrogen and oxygen atoms in total. The second kappa shape index (κ2) is 7.87.